The fraction of sp³-hybridized carbons (Fsp3) is 0.611. The van der Waals surface area contributed by atoms with Crippen molar-refractivity contribution in [2.45, 2.75) is 19.3 Å². The van der Waals surface area contributed by atoms with Gasteiger partial charge in [0.2, 0.25) is 5.91 Å². The summed E-state index contributed by atoms with van der Waals surface area (Å²) in [5, 5.41) is 0. The molecule has 0 unspecified atom stereocenters. The fourth-order valence-corrected chi connectivity index (χ4v) is 2.90. The zero-order valence-electron chi connectivity index (χ0n) is 14.6. The van der Waals surface area contributed by atoms with E-state index in [1.165, 1.54) is 12.1 Å². The highest BCUT2D eigenvalue weighted by Gasteiger charge is 2.15. The molecule has 24 heavy (non-hydrogen) atoms. The highest BCUT2D eigenvalue weighted by atomic mass is 19.2. The molecule has 0 atom stereocenters. The van der Waals surface area contributed by atoms with Crippen molar-refractivity contribution in [3.63, 3.8) is 0 Å². The van der Waals surface area contributed by atoms with Crippen LogP contribution in [-0.2, 0) is 11.2 Å². The Hall–Kier alpha value is -1.53. The van der Waals surface area contributed by atoms with Gasteiger partial charge in [0.15, 0.2) is 11.6 Å². The maximum absolute atomic E-state index is 13.6. The largest absolute Gasteiger partial charge is 0.346 e. The second-order valence-electron chi connectivity index (χ2n) is 6.53. The van der Waals surface area contributed by atoms with Gasteiger partial charge in [-0.3, -0.25) is 4.79 Å². The Morgan fingerprint density at radius 2 is 1.92 bits per heavy atom. The van der Waals surface area contributed by atoms with Crippen LogP contribution in [-0.4, -0.2) is 74.0 Å². The Bertz CT molecular complexity index is 545. The Labute approximate surface area is 143 Å². The van der Waals surface area contributed by atoms with Gasteiger partial charge in [0.1, 0.15) is 0 Å². The smallest absolute Gasteiger partial charge is 0.222 e. The van der Waals surface area contributed by atoms with Crippen LogP contribution in [0.3, 0.4) is 0 Å². The number of nitrogens with zero attached hydrogens (tertiary/aromatic N) is 3. The van der Waals surface area contributed by atoms with Gasteiger partial charge in [-0.15, -0.1) is 0 Å². The summed E-state index contributed by atoms with van der Waals surface area (Å²) < 4.78 is 26.7. The number of amides is 1. The third-order valence-electron chi connectivity index (χ3n) is 4.63. The quantitative estimate of drug-likeness (QED) is 0.760. The van der Waals surface area contributed by atoms with Gasteiger partial charge in [-0.2, -0.15) is 0 Å². The monoisotopic (exact) mass is 339 g/mol. The molecule has 0 aliphatic carbocycles. The maximum Gasteiger partial charge on any atom is 0.222 e. The van der Waals surface area contributed by atoms with Gasteiger partial charge in [0.05, 0.1) is 0 Å². The van der Waals surface area contributed by atoms with Crippen LogP contribution in [0, 0.1) is 11.6 Å². The summed E-state index contributed by atoms with van der Waals surface area (Å²) in [6.07, 6.45) is 1.36. The first-order valence-corrected chi connectivity index (χ1v) is 8.55. The number of carbonyl (C=O) groups excluding carboxylic acids is 1. The molecule has 1 saturated heterocycles. The zero-order chi connectivity index (χ0) is 17.5. The number of hydrogen-bond acceptors (Lipinski definition) is 3. The van der Waals surface area contributed by atoms with Crippen LogP contribution < -0.4 is 0 Å². The van der Waals surface area contributed by atoms with Crippen LogP contribution in [0.15, 0.2) is 18.2 Å². The van der Waals surface area contributed by atoms with Gasteiger partial charge < -0.3 is 14.7 Å². The second-order valence-corrected chi connectivity index (χ2v) is 6.53. The van der Waals surface area contributed by atoms with E-state index in [0.717, 1.165) is 45.2 Å². The molecule has 1 aliphatic rings. The minimum absolute atomic E-state index is 0.0305. The van der Waals surface area contributed by atoms with Crippen LogP contribution >= 0.6 is 0 Å². The molecule has 0 N–H and O–H groups in total. The van der Waals surface area contributed by atoms with Gasteiger partial charge in [0, 0.05) is 46.2 Å². The molecule has 1 aromatic carbocycles. The number of likely N-dealkylation sites (N-methyl/N-ethyl adjacent to an activating group) is 1. The van der Waals surface area contributed by atoms with Crippen molar-refractivity contribution in [3.05, 3.63) is 35.4 Å². The van der Waals surface area contributed by atoms with E-state index in [-0.39, 0.29) is 24.3 Å². The summed E-state index contributed by atoms with van der Waals surface area (Å²) in [7, 11) is 3.90. The van der Waals surface area contributed by atoms with Crippen molar-refractivity contribution < 1.29 is 13.6 Å². The normalized spacial score (nSPS) is 16.3. The molecule has 1 aromatic rings. The van der Waals surface area contributed by atoms with E-state index in [1.54, 1.807) is 11.9 Å². The van der Waals surface area contributed by atoms with Crippen LogP contribution in [0.4, 0.5) is 8.78 Å². The van der Waals surface area contributed by atoms with Gasteiger partial charge >= 0.3 is 0 Å². The average molecular weight is 339 g/mol. The molecule has 1 amide bonds. The predicted octanol–water partition coefficient (Wildman–Crippen LogP) is 1.99. The molecule has 0 spiro atoms. The number of carbonyl (C=O) groups is 1. The molecular weight excluding hydrogens is 312 g/mol. The van der Waals surface area contributed by atoms with Crippen LogP contribution in [0.2, 0.25) is 0 Å². The minimum Gasteiger partial charge on any atom is -0.346 e. The fourth-order valence-electron chi connectivity index (χ4n) is 2.90. The number of halogens is 2. The Morgan fingerprint density at radius 3 is 2.62 bits per heavy atom. The van der Waals surface area contributed by atoms with Gasteiger partial charge in [0.25, 0.3) is 0 Å². The second kappa shape index (κ2) is 9.08. The van der Waals surface area contributed by atoms with E-state index < -0.39 is 11.6 Å². The first kappa shape index (κ1) is 18.8. The topological polar surface area (TPSA) is 26.8 Å². The number of benzene rings is 1. The van der Waals surface area contributed by atoms with Crippen LogP contribution in [0.1, 0.15) is 18.4 Å². The number of rotatable bonds is 7. The molecule has 0 saturated carbocycles. The predicted molar refractivity (Wildman–Crippen MR) is 90.9 cm³/mol. The molecule has 4 nitrogen and oxygen atoms in total. The summed E-state index contributed by atoms with van der Waals surface area (Å²) in [5.41, 5.74) is 0.259. The summed E-state index contributed by atoms with van der Waals surface area (Å²) in [6, 6.07) is 4.09. The molecule has 1 heterocycles. The lowest BCUT2D eigenvalue weighted by Crippen LogP contribution is -2.45. The molecule has 0 aromatic heterocycles. The average Bonchev–Trinajstić information content (AvgIpc) is 2.57. The van der Waals surface area contributed by atoms with Gasteiger partial charge in [-0.1, -0.05) is 12.1 Å². The number of piperazine rings is 1. The highest BCUT2D eigenvalue weighted by Crippen LogP contribution is 2.13. The zero-order valence-corrected chi connectivity index (χ0v) is 14.6. The van der Waals surface area contributed by atoms with Crippen molar-refractivity contribution in [1.82, 2.24) is 14.7 Å². The van der Waals surface area contributed by atoms with Gasteiger partial charge in [-0.25, -0.2) is 8.78 Å². The Kier molecular flexibility index (Phi) is 7.12. The molecule has 0 radical (unpaired) electrons. The lowest BCUT2D eigenvalue weighted by Gasteiger charge is -2.32. The first-order chi connectivity index (χ1) is 11.5. The molecule has 2 rings (SSSR count). The summed E-state index contributed by atoms with van der Waals surface area (Å²) in [5.74, 6) is -1.74. The molecule has 1 fully saturated rings. The van der Waals surface area contributed by atoms with E-state index in [2.05, 4.69) is 16.8 Å². The summed E-state index contributed by atoms with van der Waals surface area (Å²) in [6.45, 7) is 6.02. The first-order valence-electron chi connectivity index (χ1n) is 8.55. The van der Waals surface area contributed by atoms with E-state index in [9.17, 15) is 13.6 Å². The van der Waals surface area contributed by atoms with E-state index >= 15 is 0 Å². The van der Waals surface area contributed by atoms with Crippen molar-refractivity contribution in [3.8, 4) is 0 Å². The maximum atomic E-state index is 13.6. The molecule has 0 bridgehead atoms. The summed E-state index contributed by atoms with van der Waals surface area (Å²) in [4.78, 5) is 18.5. The third-order valence-corrected chi connectivity index (χ3v) is 4.63. The van der Waals surface area contributed by atoms with Crippen LogP contribution in [0.25, 0.3) is 0 Å². The number of hydrogen-bond donors (Lipinski definition) is 0. The number of aryl methyl sites for hydroxylation is 1. The standard InChI is InChI=1S/C18H27F2N3O/c1-21-11-13-23(14-12-21)10-4-9-22(2)17(24)8-7-15-5-3-6-16(19)18(15)20/h3,5-6H,4,7-14H2,1-2H3. The highest BCUT2D eigenvalue weighted by molar-refractivity contribution is 5.76. The summed E-state index contributed by atoms with van der Waals surface area (Å²) >= 11 is 0. The van der Waals surface area contributed by atoms with E-state index in [1.807, 2.05) is 0 Å². The lowest BCUT2D eigenvalue weighted by atomic mass is 10.1. The minimum atomic E-state index is -0.861. The van der Waals surface area contributed by atoms with Crippen LogP contribution in [0.5, 0.6) is 0 Å². The lowest BCUT2D eigenvalue weighted by molar-refractivity contribution is -0.129. The molecule has 6 heteroatoms. The molecule has 134 valence electrons. The Morgan fingerprint density at radius 1 is 1.21 bits per heavy atom. The van der Waals surface area contributed by atoms with Crippen molar-refractivity contribution in [1.29, 1.82) is 0 Å². The van der Waals surface area contributed by atoms with Crippen molar-refractivity contribution in [2.24, 2.45) is 0 Å². The SMILES string of the molecule is CN1CCN(CCCN(C)C(=O)CCc2cccc(F)c2F)CC1. The molecular formula is C18H27F2N3O. The third kappa shape index (κ3) is 5.53. The van der Waals surface area contributed by atoms with Crippen molar-refractivity contribution in [2.75, 3.05) is 53.4 Å². The van der Waals surface area contributed by atoms with E-state index in [4.69, 9.17) is 0 Å². The molecule has 1 aliphatic heterocycles. The van der Waals surface area contributed by atoms with E-state index in [0.29, 0.717) is 6.54 Å². The Balaban J connectivity index is 1.67. The van der Waals surface area contributed by atoms with Crippen molar-refractivity contribution >= 4 is 5.91 Å². The van der Waals surface area contributed by atoms with Gasteiger partial charge in [-0.05, 0) is 38.1 Å².